The minimum atomic E-state index is -0.579. The van der Waals surface area contributed by atoms with Crippen LogP contribution < -0.4 is 15.1 Å². The first kappa shape index (κ1) is 25.2. The predicted molar refractivity (Wildman–Crippen MR) is 123 cm³/mol. The molecular weight excluding hydrogens is 473 g/mol. The summed E-state index contributed by atoms with van der Waals surface area (Å²) in [4.78, 5) is 38.7. The smallest absolute Gasteiger partial charge is 0.433 e. The Morgan fingerprint density at radius 3 is 2.59 bits per heavy atom. The van der Waals surface area contributed by atoms with Gasteiger partial charge in [0, 0.05) is 33.1 Å². The predicted octanol–water partition coefficient (Wildman–Crippen LogP) is 2.53. The summed E-state index contributed by atoms with van der Waals surface area (Å²) in [5.74, 6) is -0.430. The first-order valence-electron chi connectivity index (χ1n) is 10.5. The van der Waals surface area contributed by atoms with Crippen molar-refractivity contribution in [1.29, 1.82) is 0 Å². The van der Waals surface area contributed by atoms with Crippen molar-refractivity contribution in [3.05, 3.63) is 52.0 Å². The van der Waals surface area contributed by atoms with Crippen LogP contribution in [0.4, 0.5) is 26.4 Å². The van der Waals surface area contributed by atoms with E-state index in [0.29, 0.717) is 49.9 Å². The molecule has 0 aliphatic carbocycles. The Morgan fingerprint density at radius 2 is 1.97 bits per heavy atom. The standard InChI is InChI=1S/C21H24FN5O6.ClH/c1-14(28)23-11-17-13-26(21(29)33-17)15-2-4-19(18(22)10-15)25-8-6-24(7-9-25)12-16-3-5-20(32-16)27(30)31;/h2-5,10,17H,6-9,11-13H2,1H3,(H,23,28);1H/t17-;/m0./s1. The number of halogens is 2. The number of piperazine rings is 1. The number of cyclic esters (lactones) is 1. The van der Waals surface area contributed by atoms with Crippen molar-refractivity contribution in [3.8, 4) is 0 Å². The molecular formula is C21H25ClFN5O6. The maximum atomic E-state index is 14.9. The summed E-state index contributed by atoms with van der Waals surface area (Å²) in [6, 6.07) is 7.55. The van der Waals surface area contributed by atoms with Gasteiger partial charge in [-0.15, -0.1) is 12.4 Å². The van der Waals surface area contributed by atoms with E-state index in [0.717, 1.165) is 0 Å². The zero-order valence-electron chi connectivity index (χ0n) is 18.4. The number of furan rings is 1. The number of anilines is 2. The zero-order chi connectivity index (χ0) is 23.5. The summed E-state index contributed by atoms with van der Waals surface area (Å²) in [6.45, 7) is 4.67. The number of ether oxygens (including phenoxy) is 1. The van der Waals surface area contributed by atoms with E-state index in [9.17, 15) is 24.1 Å². The second-order valence-corrected chi connectivity index (χ2v) is 7.95. The van der Waals surface area contributed by atoms with Gasteiger partial charge in [-0.3, -0.25) is 24.7 Å². The number of amides is 2. The molecule has 1 aromatic carbocycles. The molecule has 2 aliphatic heterocycles. The number of nitrogens with zero attached hydrogens (tertiary/aromatic N) is 4. The van der Waals surface area contributed by atoms with Gasteiger partial charge in [-0.1, -0.05) is 0 Å². The fourth-order valence-electron chi connectivity index (χ4n) is 3.93. The SMILES string of the molecule is CC(=O)NC[C@H]1CN(c2ccc(N3CCN(Cc4ccc([N+](=O)[O-])o4)CC3)c(F)c2)C(=O)O1.Cl. The quantitative estimate of drug-likeness (QED) is 0.457. The number of hydrogen-bond acceptors (Lipinski definition) is 8. The van der Waals surface area contributed by atoms with Crippen molar-refractivity contribution in [1.82, 2.24) is 10.2 Å². The Bertz CT molecular complexity index is 1060. The third-order valence-corrected chi connectivity index (χ3v) is 5.62. The lowest BCUT2D eigenvalue weighted by Gasteiger charge is -2.36. The van der Waals surface area contributed by atoms with Crippen LogP contribution in [0, 0.1) is 15.9 Å². The van der Waals surface area contributed by atoms with Gasteiger partial charge in [-0.05, 0) is 24.3 Å². The second-order valence-electron chi connectivity index (χ2n) is 7.95. The van der Waals surface area contributed by atoms with Crippen molar-refractivity contribution in [2.24, 2.45) is 0 Å². The number of benzene rings is 1. The first-order chi connectivity index (χ1) is 15.8. The summed E-state index contributed by atoms with van der Waals surface area (Å²) >= 11 is 0. The molecule has 3 heterocycles. The summed E-state index contributed by atoms with van der Waals surface area (Å²) in [7, 11) is 0. The van der Waals surface area contributed by atoms with Crippen molar-refractivity contribution in [2.75, 3.05) is 49.1 Å². The molecule has 0 radical (unpaired) electrons. The molecule has 2 saturated heterocycles. The maximum Gasteiger partial charge on any atom is 0.433 e. The van der Waals surface area contributed by atoms with Crippen molar-refractivity contribution < 1.29 is 28.1 Å². The molecule has 2 amide bonds. The van der Waals surface area contributed by atoms with Gasteiger partial charge in [-0.25, -0.2) is 9.18 Å². The van der Waals surface area contributed by atoms with Crippen LogP contribution in [0.2, 0.25) is 0 Å². The van der Waals surface area contributed by atoms with Crippen LogP contribution >= 0.6 is 12.4 Å². The van der Waals surface area contributed by atoms with Gasteiger partial charge >= 0.3 is 12.0 Å². The highest BCUT2D eigenvalue weighted by Crippen LogP contribution is 2.29. The van der Waals surface area contributed by atoms with Gasteiger partial charge in [0.2, 0.25) is 5.91 Å². The highest BCUT2D eigenvalue weighted by Gasteiger charge is 2.33. The second kappa shape index (κ2) is 10.7. The number of rotatable bonds is 7. The average Bonchev–Trinajstić information content (AvgIpc) is 3.39. The minimum absolute atomic E-state index is 0. The van der Waals surface area contributed by atoms with Crippen molar-refractivity contribution in [3.63, 3.8) is 0 Å². The molecule has 184 valence electrons. The van der Waals surface area contributed by atoms with Gasteiger partial charge < -0.3 is 19.4 Å². The highest BCUT2D eigenvalue weighted by atomic mass is 35.5. The van der Waals surface area contributed by atoms with Crippen molar-refractivity contribution >= 4 is 41.7 Å². The third-order valence-electron chi connectivity index (χ3n) is 5.62. The molecule has 2 aromatic rings. The topological polar surface area (TPSA) is 121 Å². The number of carbonyl (C=O) groups excluding carboxylic acids is 2. The highest BCUT2D eigenvalue weighted by molar-refractivity contribution is 5.90. The van der Waals surface area contributed by atoms with E-state index in [1.54, 1.807) is 18.2 Å². The van der Waals surface area contributed by atoms with Crippen LogP contribution in [-0.2, 0) is 16.1 Å². The van der Waals surface area contributed by atoms with Crippen LogP contribution in [0.1, 0.15) is 12.7 Å². The van der Waals surface area contributed by atoms with Gasteiger partial charge in [0.1, 0.15) is 22.6 Å². The van der Waals surface area contributed by atoms with E-state index >= 15 is 0 Å². The molecule has 0 unspecified atom stereocenters. The summed E-state index contributed by atoms with van der Waals surface area (Å²) < 4.78 is 25.4. The Hall–Kier alpha value is -3.38. The van der Waals surface area contributed by atoms with E-state index in [-0.39, 0.29) is 37.3 Å². The molecule has 1 aromatic heterocycles. The lowest BCUT2D eigenvalue weighted by Crippen LogP contribution is -2.46. The van der Waals surface area contributed by atoms with Crippen LogP contribution in [0.3, 0.4) is 0 Å². The third kappa shape index (κ3) is 5.75. The number of carbonyl (C=O) groups is 2. The largest absolute Gasteiger partial charge is 0.442 e. The zero-order valence-corrected chi connectivity index (χ0v) is 19.3. The molecule has 1 atom stereocenters. The Morgan fingerprint density at radius 1 is 1.24 bits per heavy atom. The van der Waals surface area contributed by atoms with Gasteiger partial charge in [-0.2, -0.15) is 0 Å². The van der Waals surface area contributed by atoms with Gasteiger partial charge in [0.15, 0.2) is 0 Å². The summed E-state index contributed by atoms with van der Waals surface area (Å²) in [5.41, 5.74) is 0.832. The maximum absolute atomic E-state index is 14.9. The molecule has 0 saturated carbocycles. The average molecular weight is 498 g/mol. The van der Waals surface area contributed by atoms with Crippen LogP contribution in [-0.4, -0.2) is 67.2 Å². The van der Waals surface area contributed by atoms with E-state index in [1.807, 2.05) is 4.90 Å². The Kier molecular flexibility index (Phi) is 7.94. The number of nitro groups is 1. The molecule has 34 heavy (non-hydrogen) atoms. The molecule has 0 spiro atoms. The Balaban J connectivity index is 0.00000324. The van der Waals surface area contributed by atoms with E-state index in [4.69, 9.17) is 9.15 Å². The molecule has 4 rings (SSSR count). The Labute approximate surface area is 201 Å². The monoisotopic (exact) mass is 497 g/mol. The molecule has 11 nitrogen and oxygen atoms in total. The molecule has 2 aliphatic rings. The van der Waals surface area contributed by atoms with Gasteiger partial charge in [0.05, 0.1) is 37.1 Å². The summed E-state index contributed by atoms with van der Waals surface area (Å²) in [6.07, 6.45) is -1.07. The van der Waals surface area contributed by atoms with Crippen LogP contribution in [0.5, 0.6) is 0 Å². The van der Waals surface area contributed by atoms with Crippen LogP contribution in [0.15, 0.2) is 34.7 Å². The number of nitrogens with one attached hydrogen (secondary N) is 1. The van der Waals surface area contributed by atoms with Crippen LogP contribution in [0.25, 0.3) is 0 Å². The first-order valence-corrected chi connectivity index (χ1v) is 10.5. The molecule has 1 N–H and O–H groups in total. The molecule has 0 bridgehead atoms. The van der Waals surface area contributed by atoms with Crippen molar-refractivity contribution in [2.45, 2.75) is 19.6 Å². The molecule has 13 heteroatoms. The normalized spacial score (nSPS) is 18.4. The lowest BCUT2D eigenvalue weighted by atomic mass is 10.2. The van der Waals surface area contributed by atoms with E-state index in [2.05, 4.69) is 10.2 Å². The summed E-state index contributed by atoms with van der Waals surface area (Å²) in [5, 5.41) is 13.4. The van der Waals surface area contributed by atoms with E-state index in [1.165, 1.54) is 24.0 Å². The van der Waals surface area contributed by atoms with E-state index < -0.39 is 22.9 Å². The fourth-order valence-corrected chi connectivity index (χ4v) is 3.93. The molecule has 2 fully saturated rings. The fraction of sp³-hybridized carbons (Fsp3) is 0.429. The lowest BCUT2D eigenvalue weighted by molar-refractivity contribution is -0.402. The van der Waals surface area contributed by atoms with Gasteiger partial charge in [0.25, 0.3) is 0 Å². The minimum Gasteiger partial charge on any atom is -0.442 e. The number of hydrogen-bond donors (Lipinski definition) is 1.